The molecule has 19 heavy (non-hydrogen) atoms. The Bertz CT molecular complexity index is 555. The summed E-state index contributed by atoms with van der Waals surface area (Å²) in [6, 6.07) is 7.10. The maximum Gasteiger partial charge on any atom is 0.274 e. The van der Waals surface area contributed by atoms with Crippen molar-refractivity contribution in [2.75, 3.05) is 6.54 Å². The quantitative estimate of drug-likeness (QED) is 0.494. The van der Waals surface area contributed by atoms with Crippen molar-refractivity contribution in [1.82, 2.24) is 5.32 Å². The summed E-state index contributed by atoms with van der Waals surface area (Å²) in [4.78, 5) is 10.3. The Hall–Kier alpha value is -2.21. The van der Waals surface area contributed by atoms with E-state index < -0.39 is 10.7 Å². The maximum absolute atomic E-state index is 13.1. The maximum atomic E-state index is 13.1. The van der Waals surface area contributed by atoms with E-state index in [1.807, 2.05) is 6.07 Å². The molecule has 100 valence electrons. The van der Waals surface area contributed by atoms with E-state index in [-0.39, 0.29) is 12.2 Å². The Morgan fingerprint density at radius 3 is 2.89 bits per heavy atom. The molecule has 0 saturated heterocycles. The van der Waals surface area contributed by atoms with E-state index >= 15 is 0 Å². The van der Waals surface area contributed by atoms with Crippen LogP contribution < -0.4 is 5.32 Å². The summed E-state index contributed by atoms with van der Waals surface area (Å²) in [6.07, 6.45) is 2.27. The van der Waals surface area contributed by atoms with Gasteiger partial charge < -0.3 is 9.73 Å². The number of hydrogen-bond donors (Lipinski definition) is 1. The molecule has 0 aliphatic rings. The van der Waals surface area contributed by atoms with Crippen molar-refractivity contribution < 1.29 is 13.7 Å². The van der Waals surface area contributed by atoms with Crippen molar-refractivity contribution in [3.8, 4) is 0 Å². The predicted octanol–water partition coefficient (Wildman–Crippen LogP) is 2.66. The van der Waals surface area contributed by atoms with Gasteiger partial charge in [-0.25, -0.2) is 4.39 Å². The van der Waals surface area contributed by atoms with Crippen molar-refractivity contribution in [1.29, 1.82) is 0 Å². The Labute approximate surface area is 109 Å². The molecule has 5 nitrogen and oxygen atoms in total. The van der Waals surface area contributed by atoms with Crippen LogP contribution in [0.1, 0.15) is 11.3 Å². The zero-order valence-corrected chi connectivity index (χ0v) is 10.1. The summed E-state index contributed by atoms with van der Waals surface area (Å²) in [5.41, 5.74) is 0.261. The summed E-state index contributed by atoms with van der Waals surface area (Å²) >= 11 is 0. The molecule has 0 aliphatic heterocycles. The second-order valence-electron chi connectivity index (χ2n) is 4.04. The third-order valence-electron chi connectivity index (χ3n) is 2.68. The second-order valence-corrected chi connectivity index (χ2v) is 4.04. The number of nitrogens with one attached hydrogen (secondary N) is 1. The first-order valence-corrected chi connectivity index (χ1v) is 5.83. The van der Waals surface area contributed by atoms with Gasteiger partial charge in [0.05, 0.1) is 11.2 Å². The SMILES string of the molecule is O=[N+]([O-])c1ccc(F)cc1CNCCc1ccco1. The summed E-state index contributed by atoms with van der Waals surface area (Å²) in [6.45, 7) is 0.843. The number of halogens is 1. The highest BCUT2D eigenvalue weighted by atomic mass is 19.1. The second kappa shape index (κ2) is 6.10. The van der Waals surface area contributed by atoms with Gasteiger partial charge in [-0.05, 0) is 24.3 Å². The molecule has 1 aromatic heterocycles. The molecule has 0 saturated carbocycles. The van der Waals surface area contributed by atoms with E-state index in [0.29, 0.717) is 18.5 Å². The van der Waals surface area contributed by atoms with Crippen molar-refractivity contribution in [2.24, 2.45) is 0 Å². The van der Waals surface area contributed by atoms with Crippen LogP contribution in [0.5, 0.6) is 0 Å². The van der Waals surface area contributed by atoms with Crippen LogP contribution in [0.4, 0.5) is 10.1 Å². The van der Waals surface area contributed by atoms with Crippen LogP contribution in [0.25, 0.3) is 0 Å². The Kier molecular flexibility index (Phi) is 4.25. The molecule has 1 aromatic carbocycles. The van der Waals surface area contributed by atoms with E-state index in [9.17, 15) is 14.5 Å². The van der Waals surface area contributed by atoms with Crippen LogP contribution in [0, 0.1) is 15.9 Å². The standard InChI is InChI=1S/C13H13FN2O3/c14-11-3-4-13(16(17)18)10(8-11)9-15-6-5-12-2-1-7-19-12/h1-4,7-8,15H,5-6,9H2. The van der Waals surface area contributed by atoms with Crippen molar-refractivity contribution in [3.05, 3.63) is 63.9 Å². The summed E-state index contributed by atoms with van der Waals surface area (Å²) < 4.78 is 18.2. The van der Waals surface area contributed by atoms with Gasteiger partial charge in [-0.1, -0.05) is 0 Å². The number of benzene rings is 1. The summed E-state index contributed by atoms with van der Waals surface area (Å²) in [5, 5.41) is 13.8. The largest absolute Gasteiger partial charge is 0.469 e. The minimum absolute atomic E-state index is 0.0769. The molecule has 0 spiro atoms. The third kappa shape index (κ3) is 3.62. The molecule has 0 amide bonds. The van der Waals surface area contributed by atoms with Gasteiger partial charge >= 0.3 is 0 Å². The molecule has 1 heterocycles. The lowest BCUT2D eigenvalue weighted by molar-refractivity contribution is -0.385. The minimum Gasteiger partial charge on any atom is -0.469 e. The zero-order valence-electron chi connectivity index (χ0n) is 10.1. The van der Waals surface area contributed by atoms with E-state index in [0.717, 1.165) is 11.8 Å². The third-order valence-corrected chi connectivity index (χ3v) is 2.68. The summed E-state index contributed by atoms with van der Waals surface area (Å²) in [5.74, 6) is 0.356. The number of nitrogens with zero attached hydrogens (tertiary/aromatic N) is 1. The molecule has 2 aromatic rings. The van der Waals surface area contributed by atoms with Gasteiger partial charge in [0.15, 0.2) is 0 Å². The van der Waals surface area contributed by atoms with Crippen LogP contribution in [0.3, 0.4) is 0 Å². The van der Waals surface area contributed by atoms with Gasteiger partial charge in [0.1, 0.15) is 11.6 Å². The van der Waals surface area contributed by atoms with Gasteiger partial charge in [0.2, 0.25) is 0 Å². The summed E-state index contributed by atoms with van der Waals surface area (Å²) in [7, 11) is 0. The lowest BCUT2D eigenvalue weighted by Crippen LogP contribution is -2.17. The molecule has 0 bridgehead atoms. The molecule has 0 atom stereocenters. The van der Waals surface area contributed by atoms with Crippen LogP contribution in [0.2, 0.25) is 0 Å². The minimum atomic E-state index is -0.511. The number of rotatable bonds is 6. The van der Waals surface area contributed by atoms with Crippen LogP contribution >= 0.6 is 0 Å². The molecular weight excluding hydrogens is 251 g/mol. The number of hydrogen-bond acceptors (Lipinski definition) is 4. The average Bonchev–Trinajstić information content (AvgIpc) is 2.87. The van der Waals surface area contributed by atoms with Gasteiger partial charge in [0, 0.05) is 31.1 Å². The number of nitro groups is 1. The van der Waals surface area contributed by atoms with Crippen molar-refractivity contribution in [3.63, 3.8) is 0 Å². The van der Waals surface area contributed by atoms with Gasteiger partial charge in [-0.15, -0.1) is 0 Å². The first-order chi connectivity index (χ1) is 9.16. The van der Waals surface area contributed by atoms with E-state index in [4.69, 9.17) is 4.42 Å². The van der Waals surface area contributed by atoms with Crippen LogP contribution in [-0.4, -0.2) is 11.5 Å². The Morgan fingerprint density at radius 1 is 1.37 bits per heavy atom. The Morgan fingerprint density at radius 2 is 2.21 bits per heavy atom. The molecule has 6 heteroatoms. The first kappa shape index (κ1) is 13.2. The van der Waals surface area contributed by atoms with Crippen molar-refractivity contribution >= 4 is 5.69 Å². The van der Waals surface area contributed by atoms with Crippen molar-refractivity contribution in [2.45, 2.75) is 13.0 Å². The molecule has 0 radical (unpaired) electrons. The molecular formula is C13H13FN2O3. The lowest BCUT2D eigenvalue weighted by Gasteiger charge is -2.05. The highest BCUT2D eigenvalue weighted by molar-refractivity contribution is 5.40. The van der Waals surface area contributed by atoms with Crippen LogP contribution in [0.15, 0.2) is 41.0 Å². The predicted molar refractivity (Wildman–Crippen MR) is 67.2 cm³/mol. The van der Waals surface area contributed by atoms with E-state index in [1.54, 1.807) is 12.3 Å². The highest BCUT2D eigenvalue weighted by Crippen LogP contribution is 2.19. The average molecular weight is 264 g/mol. The molecule has 0 aliphatic carbocycles. The molecule has 2 rings (SSSR count). The van der Waals surface area contributed by atoms with E-state index in [2.05, 4.69) is 5.32 Å². The highest BCUT2D eigenvalue weighted by Gasteiger charge is 2.13. The normalized spacial score (nSPS) is 10.6. The molecule has 1 N–H and O–H groups in total. The van der Waals surface area contributed by atoms with Gasteiger partial charge in [0.25, 0.3) is 5.69 Å². The lowest BCUT2D eigenvalue weighted by atomic mass is 10.1. The van der Waals surface area contributed by atoms with Gasteiger partial charge in [-0.3, -0.25) is 10.1 Å². The fourth-order valence-electron chi connectivity index (χ4n) is 1.76. The Balaban J connectivity index is 1.91. The number of nitro benzene ring substituents is 1. The smallest absolute Gasteiger partial charge is 0.274 e. The fraction of sp³-hybridized carbons (Fsp3) is 0.231. The fourth-order valence-corrected chi connectivity index (χ4v) is 1.76. The molecule has 0 unspecified atom stereocenters. The monoisotopic (exact) mass is 264 g/mol. The van der Waals surface area contributed by atoms with Gasteiger partial charge in [-0.2, -0.15) is 0 Å². The molecule has 0 fully saturated rings. The first-order valence-electron chi connectivity index (χ1n) is 5.83. The van der Waals surface area contributed by atoms with E-state index in [1.165, 1.54) is 12.1 Å². The number of furan rings is 1. The zero-order chi connectivity index (χ0) is 13.7. The van der Waals surface area contributed by atoms with Crippen LogP contribution in [-0.2, 0) is 13.0 Å². The topological polar surface area (TPSA) is 68.3 Å².